The van der Waals surface area contributed by atoms with Crippen LogP contribution in [0.1, 0.15) is 101 Å². The molecule has 10 aromatic carbocycles. The Morgan fingerprint density at radius 3 is 1.02 bits per heavy atom. The highest BCUT2D eigenvalue weighted by atomic mass is 35.5. The average molecular weight is 1660 g/mol. The number of hydrogen-bond acceptors (Lipinski definition) is 14. The summed E-state index contributed by atoms with van der Waals surface area (Å²) in [6, 6.07) is 76.1. The Kier molecular flexibility index (Phi) is 29.1. The highest BCUT2D eigenvalue weighted by Crippen LogP contribution is 2.43. The zero-order valence-electron chi connectivity index (χ0n) is 63.6. The van der Waals surface area contributed by atoms with Crippen molar-refractivity contribution in [3.8, 4) is 51.6 Å². The summed E-state index contributed by atoms with van der Waals surface area (Å²) >= 11 is 36.4. The van der Waals surface area contributed by atoms with Gasteiger partial charge in [-0.05, 0) is 223 Å². The summed E-state index contributed by atoms with van der Waals surface area (Å²) in [7, 11) is 3.46. The number of methoxy groups -OCH3 is 1. The lowest BCUT2D eigenvalue weighted by atomic mass is 9.83. The van der Waals surface area contributed by atoms with Crippen molar-refractivity contribution in [3.05, 3.63) is 299 Å². The second-order valence-corrected chi connectivity index (χ2v) is 31.9. The van der Waals surface area contributed by atoms with Crippen molar-refractivity contribution in [2.24, 2.45) is 5.92 Å². The van der Waals surface area contributed by atoms with Crippen LogP contribution >= 0.6 is 69.6 Å². The number of esters is 1. The van der Waals surface area contributed by atoms with E-state index in [0.717, 1.165) is 140 Å². The van der Waals surface area contributed by atoms with E-state index in [1.165, 1.54) is 20.0 Å². The molecule has 0 atom stereocenters. The maximum atomic E-state index is 13.0. The van der Waals surface area contributed by atoms with E-state index in [1.807, 2.05) is 103 Å². The first-order valence-electron chi connectivity index (χ1n) is 37.9. The summed E-state index contributed by atoms with van der Waals surface area (Å²) in [5.41, 5.74) is 12.4. The van der Waals surface area contributed by atoms with Gasteiger partial charge in [-0.25, -0.2) is 4.79 Å². The number of carbonyl (C=O) groups is 4. The van der Waals surface area contributed by atoms with Gasteiger partial charge in [-0.1, -0.05) is 191 Å². The number of benzene rings is 10. The topological polar surface area (TPSA) is 222 Å². The molecular weight excluding hydrogens is 1570 g/mol. The molecular formula is C92H85Cl6N9O8. The van der Waals surface area contributed by atoms with Gasteiger partial charge in [-0.3, -0.25) is 19.3 Å². The zero-order valence-corrected chi connectivity index (χ0v) is 68.1. The molecule has 3 heterocycles. The number of nitrogens with one attached hydrogen (secondary N) is 3. The molecule has 3 saturated heterocycles. The number of anilines is 3. The van der Waals surface area contributed by atoms with Crippen molar-refractivity contribution in [1.82, 2.24) is 14.7 Å². The van der Waals surface area contributed by atoms with E-state index in [0.29, 0.717) is 82.3 Å². The van der Waals surface area contributed by atoms with E-state index in [9.17, 15) is 35.0 Å². The highest BCUT2D eigenvalue weighted by molar-refractivity contribution is 6.36. The predicted molar refractivity (Wildman–Crippen MR) is 455 cm³/mol. The van der Waals surface area contributed by atoms with Crippen LogP contribution in [0.5, 0.6) is 0 Å². The van der Waals surface area contributed by atoms with Crippen LogP contribution in [-0.2, 0) is 56.7 Å². The fraction of sp³-hybridized carbons (Fsp3) is 0.272. The van der Waals surface area contributed by atoms with Gasteiger partial charge < -0.3 is 44.7 Å². The van der Waals surface area contributed by atoms with Crippen LogP contribution < -0.4 is 16.0 Å². The Hall–Kier alpha value is -9.95. The molecule has 1 aliphatic carbocycles. The smallest absolute Gasteiger partial charge is 0.337 e. The Morgan fingerprint density at radius 2 is 0.713 bits per heavy atom. The van der Waals surface area contributed by atoms with Crippen molar-refractivity contribution in [2.45, 2.75) is 74.7 Å². The van der Waals surface area contributed by atoms with Crippen LogP contribution in [0.25, 0.3) is 33.4 Å². The molecule has 14 rings (SSSR count). The molecule has 3 aliphatic heterocycles. The summed E-state index contributed by atoms with van der Waals surface area (Å²) in [6.45, 7) is 6.69. The molecule has 3 amide bonds. The molecule has 17 nitrogen and oxygen atoms in total. The molecule has 1 saturated carbocycles. The Morgan fingerprint density at radius 1 is 0.400 bits per heavy atom. The van der Waals surface area contributed by atoms with Gasteiger partial charge in [0.2, 0.25) is 17.7 Å². The van der Waals surface area contributed by atoms with Crippen molar-refractivity contribution in [2.75, 3.05) is 95.7 Å². The number of piperidine rings is 3. The molecule has 115 heavy (non-hydrogen) atoms. The number of hydrogen-bond donors (Lipinski definition) is 3. The number of nitrogens with zero attached hydrogens (tertiary/aromatic N) is 6. The fourth-order valence-electron chi connectivity index (χ4n) is 14.8. The lowest BCUT2D eigenvalue weighted by Gasteiger charge is -2.42. The summed E-state index contributed by atoms with van der Waals surface area (Å²) in [5.74, 6) is -0.333. The molecule has 3 N–H and O–H groups in total. The minimum absolute atomic E-state index is 0.0707. The Bertz CT molecular complexity index is 5160. The molecule has 23 heteroatoms. The first kappa shape index (κ1) is 84.4. The molecule has 0 unspecified atom stereocenters. The normalized spacial score (nSPS) is 15.6. The van der Waals surface area contributed by atoms with Gasteiger partial charge in [0.05, 0.1) is 64.4 Å². The third-order valence-corrected chi connectivity index (χ3v) is 22.5. The summed E-state index contributed by atoms with van der Waals surface area (Å²) in [5, 5.41) is 38.9. The van der Waals surface area contributed by atoms with Gasteiger partial charge in [0, 0.05) is 99.6 Å². The zero-order chi connectivity index (χ0) is 81.1. The van der Waals surface area contributed by atoms with E-state index >= 15 is 0 Å². The standard InChI is InChI=1S/C35H31Cl2N3O4.C30H29Cl2N3O2.C27H25Cl2N3O2/c1-43-34(42)27-7-5-24(6-8-27)22-40-15-13-35(14-16-40,44-23-33(41)39-32-19-30(36)18-31(37)20-32)29-11-9-26(10-12-29)28-4-2-3-25(17-28)21-38;31-26-15-27(32)17-28(16-26)34-29(36)20-37-30(10-12-35(13-11-30)19-21-4-5-21)25-8-6-23(7-9-25)24-3-1-2-22(14-24)18-33;1-32-11-9-27(10-12-32,34-18-26(33)31-25-15-23(28)14-24(29)16-25)22-7-5-20(6-8-22)21-4-2-3-19(13-21)17-30/h2-12,17-20H,13-16,22-23H2,1H3,(H,39,41);1-3,6-9,14-17,21H,4-5,10-13,19-20H2,(H,34,36);2-8,13-16H,9-12,18H2,1H3,(H,31,33). The molecule has 4 fully saturated rings. The molecule has 0 spiro atoms. The highest BCUT2D eigenvalue weighted by Gasteiger charge is 2.41. The van der Waals surface area contributed by atoms with Crippen LogP contribution in [0.15, 0.2) is 224 Å². The number of likely N-dealkylation sites (tertiary alicyclic amines) is 3. The monoisotopic (exact) mass is 1650 g/mol. The van der Waals surface area contributed by atoms with Gasteiger partial charge in [-0.2, -0.15) is 15.8 Å². The van der Waals surface area contributed by atoms with Gasteiger partial charge in [-0.15, -0.1) is 0 Å². The van der Waals surface area contributed by atoms with Crippen LogP contribution in [0, 0.1) is 39.9 Å². The van der Waals surface area contributed by atoms with E-state index < -0.39 is 16.8 Å². The third kappa shape index (κ3) is 23.4. The van der Waals surface area contributed by atoms with Crippen molar-refractivity contribution >= 4 is 110 Å². The minimum Gasteiger partial charge on any atom is -0.465 e. The number of rotatable bonds is 23. The predicted octanol–water partition coefficient (Wildman–Crippen LogP) is 20.5. The van der Waals surface area contributed by atoms with Crippen LogP contribution in [-0.4, -0.2) is 118 Å². The van der Waals surface area contributed by atoms with Crippen molar-refractivity contribution in [1.29, 1.82) is 15.8 Å². The summed E-state index contributed by atoms with van der Waals surface area (Å²) in [6.07, 6.45) is 7.21. The van der Waals surface area contributed by atoms with Gasteiger partial charge in [0.1, 0.15) is 19.8 Å². The molecule has 10 aromatic rings. The molecule has 0 radical (unpaired) electrons. The first-order valence-corrected chi connectivity index (χ1v) is 40.2. The number of halogens is 6. The average Bonchev–Trinajstić information content (AvgIpc) is 1.37. The van der Waals surface area contributed by atoms with Gasteiger partial charge in [0.25, 0.3) is 0 Å². The molecule has 588 valence electrons. The van der Waals surface area contributed by atoms with E-state index in [4.69, 9.17) is 88.6 Å². The number of amides is 3. The van der Waals surface area contributed by atoms with Crippen LogP contribution in [0.4, 0.5) is 17.1 Å². The second kappa shape index (κ2) is 39.6. The second-order valence-electron chi connectivity index (χ2n) is 29.3. The Labute approximate surface area is 701 Å². The fourth-order valence-corrected chi connectivity index (χ4v) is 16.3. The number of carbonyl (C=O) groups excluding carboxylic acids is 4. The third-order valence-electron chi connectivity index (χ3n) is 21.2. The number of nitriles is 3. The maximum Gasteiger partial charge on any atom is 0.337 e. The minimum atomic E-state index is -0.679. The maximum absolute atomic E-state index is 13.0. The van der Waals surface area contributed by atoms with E-state index in [2.05, 4.69) is 92.3 Å². The van der Waals surface area contributed by atoms with Crippen LogP contribution in [0.2, 0.25) is 30.1 Å². The number of ether oxygens (including phenoxy) is 4. The van der Waals surface area contributed by atoms with Crippen molar-refractivity contribution < 1.29 is 38.1 Å². The van der Waals surface area contributed by atoms with E-state index in [1.54, 1.807) is 84.9 Å². The quantitative estimate of drug-likeness (QED) is 0.0507. The van der Waals surface area contributed by atoms with Gasteiger partial charge in [0.15, 0.2) is 0 Å². The lowest BCUT2D eigenvalue weighted by Crippen LogP contribution is -2.45. The lowest BCUT2D eigenvalue weighted by molar-refractivity contribution is -0.135. The van der Waals surface area contributed by atoms with E-state index in [-0.39, 0.29) is 43.5 Å². The molecule has 0 aromatic heterocycles. The SMILES string of the molecule is CN1CCC(OCC(=O)Nc2cc(Cl)cc(Cl)c2)(c2ccc(-c3cccc(C#N)c3)cc2)CC1.COC(=O)c1ccc(CN2CCC(OCC(=O)Nc3cc(Cl)cc(Cl)c3)(c3ccc(-c4cccc(C#N)c4)cc3)CC2)cc1.N#Cc1cccc(-c2ccc(C3(OCC(=O)Nc4cc(Cl)cc(Cl)c4)CCN(CC4CC4)CC3)cc2)c1. The summed E-state index contributed by atoms with van der Waals surface area (Å²) in [4.78, 5) is 57.3. The molecule has 4 aliphatic rings. The largest absolute Gasteiger partial charge is 0.465 e. The van der Waals surface area contributed by atoms with Crippen molar-refractivity contribution in [3.63, 3.8) is 0 Å². The first-order chi connectivity index (χ1) is 55.5. The van der Waals surface area contributed by atoms with Crippen LogP contribution in [0.3, 0.4) is 0 Å². The summed E-state index contributed by atoms with van der Waals surface area (Å²) < 4.78 is 24.1. The molecule has 0 bridgehead atoms. The Balaban J connectivity index is 0.000000161. The van der Waals surface area contributed by atoms with Gasteiger partial charge >= 0.3 is 5.97 Å².